The average Bonchev–Trinajstić information content (AvgIpc) is 2.80. The van der Waals surface area contributed by atoms with Crippen molar-refractivity contribution in [2.75, 3.05) is 0 Å². The van der Waals surface area contributed by atoms with Crippen LogP contribution in [0, 0.1) is 0 Å². The highest BCUT2D eigenvalue weighted by Gasteiger charge is 2.44. The molecule has 1 aliphatic heterocycles. The van der Waals surface area contributed by atoms with Crippen molar-refractivity contribution in [3.8, 4) is 11.1 Å². The van der Waals surface area contributed by atoms with Gasteiger partial charge < -0.3 is 4.74 Å². The summed E-state index contributed by atoms with van der Waals surface area (Å²) in [6.45, 7) is 4.10. The fourth-order valence-electron chi connectivity index (χ4n) is 3.80. The van der Waals surface area contributed by atoms with Crippen molar-refractivity contribution in [3.05, 3.63) is 48.0 Å². The van der Waals surface area contributed by atoms with Crippen molar-refractivity contribution in [3.63, 3.8) is 0 Å². The summed E-state index contributed by atoms with van der Waals surface area (Å²) in [6, 6.07) is 6.51. The largest absolute Gasteiger partial charge is 0.476 e. The Labute approximate surface area is 130 Å². The van der Waals surface area contributed by atoms with Crippen molar-refractivity contribution in [2.24, 2.45) is 4.99 Å². The molecule has 22 heavy (non-hydrogen) atoms. The van der Waals surface area contributed by atoms with E-state index >= 15 is 0 Å². The molecule has 2 atom stereocenters. The normalized spacial score (nSPS) is 26.5. The van der Waals surface area contributed by atoms with Crippen LogP contribution in [0.5, 0.6) is 0 Å². The number of hydrogen-bond acceptors (Lipinski definition) is 4. The number of hydrogen-bond donors (Lipinski definition) is 0. The number of rotatable bonds is 1. The van der Waals surface area contributed by atoms with Gasteiger partial charge in [0.2, 0.25) is 0 Å². The second-order valence-corrected chi connectivity index (χ2v) is 6.24. The Hall–Kier alpha value is -2.23. The van der Waals surface area contributed by atoms with Gasteiger partial charge in [-0.1, -0.05) is 18.2 Å². The van der Waals surface area contributed by atoms with Crippen molar-refractivity contribution < 1.29 is 4.74 Å². The molecule has 4 heteroatoms. The fraction of sp³-hybridized carbons (Fsp3) is 0.389. The lowest BCUT2D eigenvalue weighted by molar-refractivity contribution is 0.141. The van der Waals surface area contributed by atoms with Crippen LogP contribution in [0.3, 0.4) is 0 Å². The number of benzene rings is 1. The molecule has 4 nitrogen and oxygen atoms in total. The van der Waals surface area contributed by atoms with Gasteiger partial charge in [0, 0.05) is 31.3 Å². The number of fused-ring (bicyclic) bond motifs is 1. The van der Waals surface area contributed by atoms with Gasteiger partial charge in [-0.25, -0.2) is 15.0 Å². The average molecular weight is 293 g/mol. The van der Waals surface area contributed by atoms with Crippen LogP contribution in [-0.4, -0.2) is 27.5 Å². The molecule has 112 valence electrons. The van der Waals surface area contributed by atoms with Gasteiger partial charge in [0.15, 0.2) is 5.90 Å². The third kappa shape index (κ3) is 2.02. The minimum atomic E-state index is -0.0805. The van der Waals surface area contributed by atoms with Crippen molar-refractivity contribution in [1.82, 2.24) is 9.97 Å². The van der Waals surface area contributed by atoms with Crippen LogP contribution >= 0.6 is 0 Å². The van der Waals surface area contributed by atoms with Gasteiger partial charge in [0.05, 0.1) is 0 Å². The van der Waals surface area contributed by atoms with E-state index in [0.717, 1.165) is 30.7 Å². The fourth-order valence-corrected chi connectivity index (χ4v) is 3.80. The highest BCUT2D eigenvalue weighted by molar-refractivity contribution is 5.76. The molecule has 1 aromatic carbocycles. The SMILES string of the molecule is CC1=N[C@]2(CCc3c(cccc3-c3cncnc3)C2)[C@H](C)O1. The third-order valence-electron chi connectivity index (χ3n) is 4.93. The first kappa shape index (κ1) is 13.4. The maximum Gasteiger partial charge on any atom is 0.181 e. The van der Waals surface area contributed by atoms with Crippen LogP contribution in [0.2, 0.25) is 0 Å². The van der Waals surface area contributed by atoms with E-state index in [0.29, 0.717) is 0 Å². The van der Waals surface area contributed by atoms with E-state index in [2.05, 4.69) is 35.1 Å². The minimum absolute atomic E-state index is 0.0805. The summed E-state index contributed by atoms with van der Waals surface area (Å²) in [5.41, 5.74) is 5.05. The zero-order valence-electron chi connectivity index (χ0n) is 12.9. The molecule has 0 N–H and O–H groups in total. The molecule has 0 bridgehead atoms. The van der Waals surface area contributed by atoms with Gasteiger partial charge in [-0.2, -0.15) is 0 Å². The van der Waals surface area contributed by atoms with Crippen LogP contribution in [0.15, 0.2) is 41.9 Å². The minimum Gasteiger partial charge on any atom is -0.476 e. The van der Waals surface area contributed by atoms with Gasteiger partial charge in [-0.15, -0.1) is 0 Å². The lowest BCUT2D eigenvalue weighted by atomic mass is 9.74. The van der Waals surface area contributed by atoms with E-state index in [1.807, 2.05) is 19.3 Å². The van der Waals surface area contributed by atoms with E-state index < -0.39 is 0 Å². The smallest absolute Gasteiger partial charge is 0.181 e. The predicted molar refractivity (Wildman–Crippen MR) is 85.9 cm³/mol. The van der Waals surface area contributed by atoms with Crippen LogP contribution in [0.1, 0.15) is 31.4 Å². The summed E-state index contributed by atoms with van der Waals surface area (Å²) in [5.74, 6) is 0.823. The lowest BCUT2D eigenvalue weighted by Gasteiger charge is -2.35. The van der Waals surface area contributed by atoms with E-state index in [1.54, 1.807) is 6.33 Å². The van der Waals surface area contributed by atoms with E-state index in [1.165, 1.54) is 16.7 Å². The molecule has 2 aromatic rings. The lowest BCUT2D eigenvalue weighted by Crippen LogP contribution is -2.41. The summed E-state index contributed by atoms with van der Waals surface area (Å²) >= 11 is 0. The van der Waals surface area contributed by atoms with Crippen molar-refractivity contribution in [1.29, 1.82) is 0 Å². The summed E-state index contributed by atoms with van der Waals surface area (Å²) in [5, 5.41) is 0. The van der Waals surface area contributed by atoms with Gasteiger partial charge in [0.1, 0.15) is 18.0 Å². The standard InChI is InChI=1S/C18H19N3O/c1-12-18(21-13(2)22-12)7-6-17-14(8-18)4-3-5-16(17)15-9-19-11-20-10-15/h3-5,9-12H,6-8H2,1-2H3/t12-,18-/m0/s1. The molecule has 1 aromatic heterocycles. The van der Waals surface area contributed by atoms with E-state index in [4.69, 9.17) is 9.73 Å². The van der Waals surface area contributed by atoms with E-state index in [-0.39, 0.29) is 11.6 Å². The number of aromatic nitrogens is 2. The van der Waals surface area contributed by atoms with Crippen molar-refractivity contribution in [2.45, 2.75) is 44.8 Å². The van der Waals surface area contributed by atoms with Gasteiger partial charge in [-0.3, -0.25) is 0 Å². The van der Waals surface area contributed by atoms with Crippen LogP contribution in [0.25, 0.3) is 11.1 Å². The second-order valence-electron chi connectivity index (χ2n) is 6.24. The second kappa shape index (κ2) is 4.90. The van der Waals surface area contributed by atoms with Crippen molar-refractivity contribution >= 4 is 5.90 Å². The highest BCUT2D eigenvalue weighted by Crippen LogP contribution is 2.41. The molecule has 0 amide bonds. The Balaban J connectivity index is 1.76. The van der Waals surface area contributed by atoms with Gasteiger partial charge in [0.25, 0.3) is 0 Å². The summed E-state index contributed by atoms with van der Waals surface area (Å²) in [4.78, 5) is 13.1. The summed E-state index contributed by atoms with van der Waals surface area (Å²) < 4.78 is 5.81. The quantitative estimate of drug-likeness (QED) is 0.811. The molecule has 0 saturated carbocycles. The van der Waals surface area contributed by atoms with Gasteiger partial charge >= 0.3 is 0 Å². The number of nitrogens with zero attached hydrogens (tertiary/aromatic N) is 3. The van der Waals surface area contributed by atoms with Gasteiger partial charge in [-0.05, 0) is 36.5 Å². The van der Waals surface area contributed by atoms with Crippen LogP contribution in [0.4, 0.5) is 0 Å². The van der Waals surface area contributed by atoms with Crippen LogP contribution in [-0.2, 0) is 17.6 Å². The number of ether oxygens (including phenoxy) is 1. The molecule has 4 rings (SSSR count). The zero-order chi connectivity index (χ0) is 15.2. The molecule has 0 radical (unpaired) electrons. The van der Waals surface area contributed by atoms with Crippen LogP contribution < -0.4 is 0 Å². The monoisotopic (exact) mass is 293 g/mol. The van der Waals surface area contributed by atoms with E-state index in [9.17, 15) is 0 Å². The molecular formula is C18H19N3O. The maximum atomic E-state index is 5.81. The Morgan fingerprint density at radius 3 is 2.77 bits per heavy atom. The predicted octanol–water partition coefficient (Wildman–Crippen LogP) is 3.21. The summed E-state index contributed by atoms with van der Waals surface area (Å²) in [7, 11) is 0. The highest BCUT2D eigenvalue weighted by atomic mass is 16.5. The Morgan fingerprint density at radius 1 is 1.23 bits per heavy atom. The third-order valence-corrected chi connectivity index (χ3v) is 4.93. The molecule has 2 heterocycles. The molecule has 0 unspecified atom stereocenters. The first-order valence-corrected chi connectivity index (χ1v) is 7.77. The Bertz CT molecular complexity index is 741. The molecule has 0 saturated heterocycles. The first-order valence-electron chi connectivity index (χ1n) is 7.77. The molecular weight excluding hydrogens is 274 g/mol. The molecule has 2 aliphatic rings. The molecule has 1 aliphatic carbocycles. The molecule has 0 fully saturated rings. The molecule has 1 spiro atoms. The number of aliphatic imine (C=N–C) groups is 1. The topological polar surface area (TPSA) is 47.4 Å². The zero-order valence-corrected chi connectivity index (χ0v) is 12.9. The summed E-state index contributed by atoms with van der Waals surface area (Å²) in [6.07, 6.45) is 8.50. The Kier molecular flexibility index (Phi) is 2.99. The first-order chi connectivity index (χ1) is 10.7. The maximum absolute atomic E-state index is 5.81. The Morgan fingerprint density at radius 2 is 2.05 bits per heavy atom.